The van der Waals surface area contributed by atoms with Crippen LogP contribution < -0.4 is 0 Å². The molecule has 0 spiro atoms. The SMILES string of the molecule is Cc1n[nH]c(C)c1S(=O)(=O)N1CCCC(C(C)C)CC1. The first-order valence-electron chi connectivity index (χ1n) is 7.35. The molecule has 0 bridgehead atoms. The highest BCUT2D eigenvalue weighted by Crippen LogP contribution is 2.29. The van der Waals surface area contributed by atoms with Gasteiger partial charge >= 0.3 is 0 Å². The van der Waals surface area contributed by atoms with Crippen molar-refractivity contribution in [2.75, 3.05) is 13.1 Å². The van der Waals surface area contributed by atoms with Gasteiger partial charge in [-0.25, -0.2) is 8.42 Å². The van der Waals surface area contributed by atoms with Gasteiger partial charge in [-0.05, 0) is 44.9 Å². The molecular weight excluding hydrogens is 274 g/mol. The van der Waals surface area contributed by atoms with Crippen LogP contribution in [0.1, 0.15) is 44.5 Å². The molecule has 1 aromatic rings. The molecule has 1 aromatic heterocycles. The smallest absolute Gasteiger partial charge is 0.246 e. The highest BCUT2D eigenvalue weighted by molar-refractivity contribution is 7.89. The number of rotatable bonds is 3. The molecule has 1 N–H and O–H groups in total. The van der Waals surface area contributed by atoms with E-state index in [0.717, 1.165) is 19.3 Å². The fourth-order valence-electron chi connectivity index (χ4n) is 3.05. The largest absolute Gasteiger partial charge is 0.281 e. The summed E-state index contributed by atoms with van der Waals surface area (Å²) in [5, 5.41) is 6.78. The second-order valence-electron chi connectivity index (χ2n) is 6.10. The topological polar surface area (TPSA) is 66.1 Å². The lowest BCUT2D eigenvalue weighted by atomic mass is 9.89. The molecule has 6 heteroatoms. The average molecular weight is 299 g/mol. The summed E-state index contributed by atoms with van der Waals surface area (Å²) in [5.74, 6) is 1.25. The van der Waals surface area contributed by atoms with Crippen LogP contribution in [0.5, 0.6) is 0 Å². The Bertz CT molecular complexity index is 543. The standard InChI is InChI=1S/C14H25N3O2S/c1-10(2)13-6-5-8-17(9-7-13)20(18,19)14-11(3)15-16-12(14)4/h10,13H,5-9H2,1-4H3,(H,15,16). The van der Waals surface area contributed by atoms with Crippen LogP contribution in [0.25, 0.3) is 0 Å². The van der Waals surface area contributed by atoms with Crippen LogP contribution in [-0.4, -0.2) is 36.0 Å². The van der Waals surface area contributed by atoms with Crippen LogP contribution >= 0.6 is 0 Å². The molecular formula is C14H25N3O2S. The van der Waals surface area contributed by atoms with Crippen LogP contribution in [0.3, 0.4) is 0 Å². The number of aryl methyl sites for hydroxylation is 2. The molecule has 0 amide bonds. The summed E-state index contributed by atoms with van der Waals surface area (Å²) in [7, 11) is -3.41. The zero-order chi connectivity index (χ0) is 14.9. The lowest BCUT2D eigenvalue weighted by Crippen LogP contribution is -2.32. The molecule has 2 heterocycles. The van der Waals surface area contributed by atoms with Crippen LogP contribution in [0.15, 0.2) is 4.90 Å². The zero-order valence-corrected chi connectivity index (χ0v) is 13.6. The van der Waals surface area contributed by atoms with Gasteiger partial charge in [0, 0.05) is 13.1 Å². The van der Waals surface area contributed by atoms with Crippen molar-refractivity contribution in [1.82, 2.24) is 14.5 Å². The minimum atomic E-state index is -3.41. The quantitative estimate of drug-likeness (QED) is 0.932. The van der Waals surface area contributed by atoms with Gasteiger partial charge in [0.2, 0.25) is 10.0 Å². The lowest BCUT2D eigenvalue weighted by molar-refractivity contribution is 0.340. The maximum absolute atomic E-state index is 12.8. The summed E-state index contributed by atoms with van der Waals surface area (Å²) >= 11 is 0. The molecule has 2 rings (SSSR count). The van der Waals surface area contributed by atoms with Crippen LogP contribution in [0, 0.1) is 25.7 Å². The van der Waals surface area contributed by atoms with Crippen molar-refractivity contribution < 1.29 is 8.42 Å². The number of H-pyrrole nitrogens is 1. The van der Waals surface area contributed by atoms with Crippen molar-refractivity contribution in [3.63, 3.8) is 0 Å². The predicted molar refractivity (Wildman–Crippen MR) is 79.0 cm³/mol. The van der Waals surface area contributed by atoms with Gasteiger partial charge in [0.1, 0.15) is 4.90 Å². The molecule has 5 nitrogen and oxygen atoms in total. The van der Waals surface area contributed by atoms with E-state index in [9.17, 15) is 8.42 Å². The molecule has 1 saturated heterocycles. The second-order valence-corrected chi connectivity index (χ2v) is 7.98. The lowest BCUT2D eigenvalue weighted by Gasteiger charge is -2.21. The van der Waals surface area contributed by atoms with Gasteiger partial charge in [-0.2, -0.15) is 9.40 Å². The second kappa shape index (κ2) is 5.85. The van der Waals surface area contributed by atoms with Crippen molar-refractivity contribution in [2.24, 2.45) is 11.8 Å². The average Bonchev–Trinajstić information content (AvgIpc) is 2.60. The molecule has 1 fully saturated rings. The van der Waals surface area contributed by atoms with E-state index in [0.29, 0.717) is 41.2 Å². The first-order chi connectivity index (χ1) is 9.34. The Morgan fingerprint density at radius 2 is 1.95 bits per heavy atom. The highest BCUT2D eigenvalue weighted by atomic mass is 32.2. The Morgan fingerprint density at radius 1 is 1.25 bits per heavy atom. The Balaban J connectivity index is 2.23. The van der Waals surface area contributed by atoms with E-state index in [1.165, 1.54) is 0 Å². The van der Waals surface area contributed by atoms with Crippen molar-refractivity contribution in [3.8, 4) is 0 Å². The predicted octanol–water partition coefficient (Wildman–Crippen LogP) is 2.47. The van der Waals surface area contributed by atoms with Crippen molar-refractivity contribution >= 4 is 10.0 Å². The Kier molecular flexibility index (Phi) is 4.54. The maximum atomic E-state index is 12.8. The van der Waals surface area contributed by atoms with E-state index in [2.05, 4.69) is 24.0 Å². The minimum Gasteiger partial charge on any atom is -0.281 e. The molecule has 1 unspecified atom stereocenters. The molecule has 1 atom stereocenters. The van der Waals surface area contributed by atoms with E-state index in [1.54, 1.807) is 18.2 Å². The number of sulfonamides is 1. The molecule has 0 radical (unpaired) electrons. The summed E-state index contributed by atoms with van der Waals surface area (Å²) in [6.45, 7) is 9.19. The van der Waals surface area contributed by atoms with Crippen LogP contribution in [-0.2, 0) is 10.0 Å². The van der Waals surface area contributed by atoms with Gasteiger partial charge in [-0.15, -0.1) is 0 Å². The normalized spacial score (nSPS) is 22.1. The Labute approximate surface area is 121 Å². The molecule has 1 aliphatic rings. The summed E-state index contributed by atoms with van der Waals surface area (Å²) in [4.78, 5) is 0.362. The number of hydrogen-bond acceptors (Lipinski definition) is 3. The van der Waals surface area contributed by atoms with Crippen molar-refractivity contribution in [2.45, 2.75) is 51.9 Å². The molecule has 0 aliphatic carbocycles. The molecule has 1 aliphatic heterocycles. The van der Waals surface area contributed by atoms with E-state index in [1.807, 2.05) is 0 Å². The third kappa shape index (κ3) is 2.91. The van der Waals surface area contributed by atoms with Crippen LogP contribution in [0.2, 0.25) is 0 Å². The van der Waals surface area contributed by atoms with Gasteiger partial charge in [-0.1, -0.05) is 13.8 Å². The Morgan fingerprint density at radius 3 is 2.50 bits per heavy atom. The molecule has 20 heavy (non-hydrogen) atoms. The fourth-order valence-corrected chi connectivity index (χ4v) is 4.88. The summed E-state index contributed by atoms with van der Waals surface area (Å²) in [6.07, 6.45) is 3.01. The van der Waals surface area contributed by atoms with E-state index >= 15 is 0 Å². The van der Waals surface area contributed by atoms with Crippen LogP contribution in [0.4, 0.5) is 0 Å². The summed E-state index contributed by atoms with van der Waals surface area (Å²) in [5.41, 5.74) is 1.19. The fraction of sp³-hybridized carbons (Fsp3) is 0.786. The minimum absolute atomic E-state index is 0.362. The number of hydrogen-bond donors (Lipinski definition) is 1. The van der Waals surface area contributed by atoms with Crippen molar-refractivity contribution in [1.29, 1.82) is 0 Å². The molecule has 0 saturated carbocycles. The first kappa shape index (κ1) is 15.5. The summed E-state index contributed by atoms with van der Waals surface area (Å²) < 4.78 is 27.2. The summed E-state index contributed by atoms with van der Waals surface area (Å²) in [6, 6.07) is 0. The third-order valence-corrected chi connectivity index (χ3v) is 6.50. The van der Waals surface area contributed by atoms with Gasteiger partial charge in [0.25, 0.3) is 0 Å². The van der Waals surface area contributed by atoms with Gasteiger partial charge in [0.05, 0.1) is 11.4 Å². The number of nitrogens with one attached hydrogen (secondary N) is 1. The van der Waals surface area contributed by atoms with Gasteiger partial charge in [0.15, 0.2) is 0 Å². The monoisotopic (exact) mass is 299 g/mol. The van der Waals surface area contributed by atoms with E-state index < -0.39 is 10.0 Å². The van der Waals surface area contributed by atoms with E-state index in [4.69, 9.17) is 0 Å². The zero-order valence-electron chi connectivity index (χ0n) is 12.8. The maximum Gasteiger partial charge on any atom is 0.246 e. The van der Waals surface area contributed by atoms with Gasteiger partial charge < -0.3 is 0 Å². The van der Waals surface area contributed by atoms with Crippen molar-refractivity contribution in [3.05, 3.63) is 11.4 Å². The van der Waals surface area contributed by atoms with E-state index in [-0.39, 0.29) is 0 Å². The Hall–Kier alpha value is -0.880. The number of nitrogens with zero attached hydrogens (tertiary/aromatic N) is 2. The number of aromatic amines is 1. The molecule has 114 valence electrons. The van der Waals surface area contributed by atoms with Gasteiger partial charge in [-0.3, -0.25) is 5.10 Å². The molecule has 0 aromatic carbocycles. The number of aromatic nitrogens is 2. The third-order valence-electron chi connectivity index (χ3n) is 4.33. The first-order valence-corrected chi connectivity index (χ1v) is 8.79. The highest BCUT2D eigenvalue weighted by Gasteiger charge is 2.31.